The molecule has 0 bridgehead atoms. The Bertz CT molecular complexity index is 977. The van der Waals surface area contributed by atoms with Crippen molar-refractivity contribution in [3.05, 3.63) is 47.0 Å². The number of benzene rings is 1. The summed E-state index contributed by atoms with van der Waals surface area (Å²) < 4.78 is 41.8. The van der Waals surface area contributed by atoms with E-state index in [-0.39, 0.29) is 17.3 Å². The van der Waals surface area contributed by atoms with Crippen LogP contribution in [0.25, 0.3) is 15.9 Å². The van der Waals surface area contributed by atoms with Gasteiger partial charge in [-0.2, -0.15) is 18.3 Å². The van der Waals surface area contributed by atoms with E-state index in [4.69, 9.17) is 0 Å². The maximum Gasteiger partial charge on any atom is 0.435 e. The van der Waals surface area contributed by atoms with E-state index >= 15 is 0 Å². The van der Waals surface area contributed by atoms with Gasteiger partial charge in [-0.05, 0) is 44.4 Å². The van der Waals surface area contributed by atoms with Crippen LogP contribution in [0.2, 0.25) is 0 Å². The van der Waals surface area contributed by atoms with Gasteiger partial charge in [0.05, 0.1) is 10.6 Å². The Kier molecular flexibility index (Phi) is 4.46. The summed E-state index contributed by atoms with van der Waals surface area (Å²) in [4.78, 5) is 15.3. The Morgan fingerprint density at radius 2 is 1.96 bits per heavy atom. The molecule has 0 radical (unpaired) electrons. The molecule has 4 rings (SSSR count). The summed E-state index contributed by atoms with van der Waals surface area (Å²) in [5.41, 5.74) is -0.423. The molecule has 3 heterocycles. The quantitative estimate of drug-likeness (QED) is 0.606. The lowest BCUT2D eigenvalue weighted by Crippen LogP contribution is -2.41. The van der Waals surface area contributed by atoms with Gasteiger partial charge in [0, 0.05) is 18.0 Å². The average Bonchev–Trinajstić information content (AvgIpc) is 3.21. The first kappa shape index (κ1) is 18.0. The van der Waals surface area contributed by atoms with Crippen molar-refractivity contribution in [1.29, 1.82) is 0 Å². The molecule has 142 valence electrons. The van der Waals surface area contributed by atoms with Crippen LogP contribution in [0.3, 0.4) is 0 Å². The van der Waals surface area contributed by atoms with Gasteiger partial charge in [-0.25, -0.2) is 4.68 Å². The fourth-order valence-corrected chi connectivity index (χ4v) is 4.60. The molecule has 0 aliphatic carbocycles. The summed E-state index contributed by atoms with van der Waals surface area (Å²) in [5, 5.41) is 3.77. The Labute approximate surface area is 158 Å². The predicted molar refractivity (Wildman–Crippen MR) is 98.3 cm³/mol. The lowest BCUT2D eigenvalue weighted by molar-refractivity contribution is -0.140. The van der Waals surface area contributed by atoms with Gasteiger partial charge in [0.1, 0.15) is 4.83 Å². The van der Waals surface area contributed by atoms with Crippen molar-refractivity contribution in [1.82, 2.24) is 14.7 Å². The van der Waals surface area contributed by atoms with Crippen molar-refractivity contribution < 1.29 is 18.0 Å². The van der Waals surface area contributed by atoms with E-state index < -0.39 is 11.9 Å². The summed E-state index contributed by atoms with van der Waals surface area (Å²) in [5.74, 6) is -0.198. The summed E-state index contributed by atoms with van der Waals surface area (Å²) >= 11 is 1.07. The fraction of sp³-hybridized carbons (Fsp3) is 0.368. The monoisotopic (exact) mass is 393 g/mol. The van der Waals surface area contributed by atoms with Crippen LogP contribution < -0.4 is 0 Å². The summed E-state index contributed by atoms with van der Waals surface area (Å²) in [6, 6.07) is 10.1. The second-order valence-corrected chi connectivity index (χ2v) is 7.80. The summed E-state index contributed by atoms with van der Waals surface area (Å²) in [6.07, 6.45) is -1.68. The Hall–Kier alpha value is -2.35. The molecular weight excluding hydrogens is 375 g/mol. The van der Waals surface area contributed by atoms with Crippen molar-refractivity contribution in [2.45, 2.75) is 38.4 Å². The first-order chi connectivity index (χ1) is 12.9. The highest BCUT2D eigenvalue weighted by molar-refractivity contribution is 7.20. The number of halogens is 3. The number of aromatic nitrogens is 2. The number of rotatable bonds is 2. The molecule has 1 aromatic carbocycles. The number of alkyl halides is 3. The SMILES string of the molecule is CC1CCCCN1C(=O)c1cc2c(C(F)(F)F)nn(-c3ccccc3)c2s1. The maximum absolute atomic E-state index is 13.5. The van der Waals surface area contributed by atoms with Crippen LogP contribution in [0.5, 0.6) is 0 Å². The van der Waals surface area contributed by atoms with E-state index in [0.717, 1.165) is 30.6 Å². The molecule has 1 aliphatic heterocycles. The number of thiophene rings is 1. The zero-order valence-corrected chi connectivity index (χ0v) is 15.5. The van der Waals surface area contributed by atoms with Crippen LogP contribution in [0.1, 0.15) is 41.6 Å². The summed E-state index contributed by atoms with van der Waals surface area (Å²) in [6.45, 7) is 2.63. The number of hydrogen-bond acceptors (Lipinski definition) is 3. The molecule has 1 aliphatic rings. The van der Waals surface area contributed by atoms with E-state index in [1.165, 1.54) is 10.7 Å². The second-order valence-electron chi connectivity index (χ2n) is 6.77. The first-order valence-corrected chi connectivity index (χ1v) is 9.64. The molecule has 27 heavy (non-hydrogen) atoms. The average molecular weight is 393 g/mol. The third kappa shape index (κ3) is 3.22. The number of carbonyl (C=O) groups excluding carboxylic acids is 1. The molecule has 3 aromatic rings. The molecule has 0 saturated carbocycles. The molecule has 0 N–H and O–H groups in total. The minimum absolute atomic E-state index is 0.0237. The maximum atomic E-state index is 13.5. The molecule has 2 aromatic heterocycles. The van der Waals surface area contributed by atoms with E-state index in [1.807, 2.05) is 6.92 Å². The summed E-state index contributed by atoms with van der Waals surface area (Å²) in [7, 11) is 0. The van der Waals surface area contributed by atoms with Crippen molar-refractivity contribution in [3.63, 3.8) is 0 Å². The highest BCUT2D eigenvalue weighted by Gasteiger charge is 2.38. The van der Waals surface area contributed by atoms with Crippen LogP contribution in [-0.2, 0) is 6.18 Å². The second kappa shape index (κ2) is 6.67. The molecule has 0 spiro atoms. The molecule has 4 nitrogen and oxygen atoms in total. The molecule has 1 atom stereocenters. The smallest absolute Gasteiger partial charge is 0.335 e. The van der Waals surface area contributed by atoms with Gasteiger partial charge in [-0.15, -0.1) is 11.3 Å². The van der Waals surface area contributed by atoms with Gasteiger partial charge in [0.15, 0.2) is 5.69 Å². The molecule has 1 fully saturated rings. The number of hydrogen-bond donors (Lipinski definition) is 0. The van der Waals surface area contributed by atoms with Crippen molar-refractivity contribution >= 4 is 27.5 Å². The van der Waals surface area contributed by atoms with E-state index in [9.17, 15) is 18.0 Å². The van der Waals surface area contributed by atoms with E-state index in [1.54, 1.807) is 35.2 Å². The topological polar surface area (TPSA) is 38.1 Å². The van der Waals surface area contributed by atoms with Crippen molar-refractivity contribution in [3.8, 4) is 5.69 Å². The van der Waals surface area contributed by atoms with Crippen LogP contribution in [0.4, 0.5) is 13.2 Å². The third-order valence-corrected chi connectivity index (χ3v) is 6.00. The molecule has 1 amide bonds. The number of para-hydroxylation sites is 1. The zero-order valence-electron chi connectivity index (χ0n) is 14.7. The number of amides is 1. The van der Waals surface area contributed by atoms with Crippen LogP contribution in [-0.4, -0.2) is 33.2 Å². The normalized spacial score (nSPS) is 18.2. The van der Waals surface area contributed by atoms with E-state index in [2.05, 4.69) is 5.10 Å². The lowest BCUT2D eigenvalue weighted by atomic mass is 10.0. The molecule has 1 saturated heterocycles. The standard InChI is InChI=1S/C19H18F3N3OS/c1-12-7-5-6-10-24(12)17(26)15-11-14-16(19(20,21)22)23-25(18(14)27-15)13-8-3-2-4-9-13/h2-4,8-9,11-12H,5-7,10H2,1H3. The third-order valence-electron chi connectivity index (χ3n) is 4.90. The van der Waals surface area contributed by atoms with Gasteiger partial charge in [-0.3, -0.25) is 4.79 Å². The number of piperidine rings is 1. The molecule has 1 unspecified atom stereocenters. The predicted octanol–water partition coefficient (Wildman–Crippen LogP) is 5.12. The minimum Gasteiger partial charge on any atom is -0.335 e. The number of carbonyl (C=O) groups is 1. The van der Waals surface area contributed by atoms with Gasteiger partial charge in [0.2, 0.25) is 0 Å². The van der Waals surface area contributed by atoms with Gasteiger partial charge in [0.25, 0.3) is 5.91 Å². The first-order valence-electron chi connectivity index (χ1n) is 8.82. The fourth-order valence-electron chi connectivity index (χ4n) is 3.51. The highest BCUT2D eigenvalue weighted by Crippen LogP contribution is 2.39. The Morgan fingerprint density at radius 3 is 2.63 bits per heavy atom. The van der Waals surface area contributed by atoms with Crippen molar-refractivity contribution in [2.75, 3.05) is 6.54 Å². The molecule has 8 heteroatoms. The largest absolute Gasteiger partial charge is 0.435 e. The number of nitrogens with zero attached hydrogens (tertiary/aromatic N) is 3. The van der Waals surface area contributed by atoms with Gasteiger partial charge < -0.3 is 4.90 Å². The highest BCUT2D eigenvalue weighted by atomic mass is 32.1. The van der Waals surface area contributed by atoms with Gasteiger partial charge in [-0.1, -0.05) is 18.2 Å². The zero-order chi connectivity index (χ0) is 19.2. The molecular formula is C19H18F3N3OS. The number of fused-ring (bicyclic) bond motifs is 1. The minimum atomic E-state index is -4.59. The lowest BCUT2D eigenvalue weighted by Gasteiger charge is -2.33. The van der Waals surface area contributed by atoms with Crippen LogP contribution in [0, 0.1) is 0 Å². The number of likely N-dealkylation sites (tertiary alicyclic amines) is 1. The van der Waals surface area contributed by atoms with Crippen LogP contribution >= 0.6 is 11.3 Å². The van der Waals surface area contributed by atoms with Crippen molar-refractivity contribution in [2.24, 2.45) is 0 Å². The van der Waals surface area contributed by atoms with Gasteiger partial charge >= 0.3 is 6.18 Å². The van der Waals surface area contributed by atoms with E-state index in [0.29, 0.717) is 21.9 Å². The Morgan fingerprint density at radius 1 is 1.22 bits per heavy atom. The van der Waals surface area contributed by atoms with Crippen LogP contribution in [0.15, 0.2) is 36.4 Å². The Balaban J connectivity index is 1.83.